The number of nitrogens with one attached hydrogen (secondary N) is 2. The second-order valence-electron chi connectivity index (χ2n) is 7.03. The number of guanidine groups is 1. The summed E-state index contributed by atoms with van der Waals surface area (Å²) in [5.41, 5.74) is 8.88. The van der Waals surface area contributed by atoms with Crippen LogP contribution in [0.1, 0.15) is 21.6 Å². The number of amides is 1. The van der Waals surface area contributed by atoms with Gasteiger partial charge in [-0.15, -0.1) is 0 Å². The van der Waals surface area contributed by atoms with Crippen LogP contribution >= 0.6 is 0 Å². The Labute approximate surface area is 164 Å². The van der Waals surface area contributed by atoms with Crippen molar-refractivity contribution >= 4 is 22.8 Å². The first-order chi connectivity index (χ1) is 13.3. The van der Waals surface area contributed by atoms with Gasteiger partial charge in [0.1, 0.15) is 18.1 Å². The van der Waals surface area contributed by atoms with Crippen LogP contribution in [0.15, 0.2) is 48.5 Å². The Balaban J connectivity index is 1.72. The number of nitrogens with two attached hydrogens (primary N) is 1. The van der Waals surface area contributed by atoms with E-state index >= 15 is 0 Å². The van der Waals surface area contributed by atoms with Crippen molar-refractivity contribution in [1.82, 2.24) is 14.8 Å². The summed E-state index contributed by atoms with van der Waals surface area (Å²) in [5.74, 6) is 0.0549. The van der Waals surface area contributed by atoms with E-state index in [1.54, 1.807) is 6.07 Å². The van der Waals surface area contributed by atoms with Crippen LogP contribution < -0.4 is 10.5 Å². The number of benzene rings is 2. The predicted molar refractivity (Wildman–Crippen MR) is 110 cm³/mol. The highest BCUT2D eigenvalue weighted by Crippen LogP contribution is 2.23. The third-order valence-electron chi connectivity index (χ3n) is 4.39. The minimum absolute atomic E-state index is 0.302. The van der Waals surface area contributed by atoms with E-state index in [-0.39, 0.29) is 11.9 Å². The molecule has 1 amide bonds. The first kappa shape index (κ1) is 19.4. The van der Waals surface area contributed by atoms with Crippen LogP contribution in [0.25, 0.3) is 10.9 Å². The summed E-state index contributed by atoms with van der Waals surface area (Å²) in [6.45, 7) is 1.35. The Bertz CT molecular complexity index is 1010. The smallest absolute Gasteiger partial charge is 0.276 e. The van der Waals surface area contributed by atoms with Gasteiger partial charge in [-0.25, -0.2) is 0 Å². The molecule has 0 aliphatic carbocycles. The summed E-state index contributed by atoms with van der Waals surface area (Å²) in [5, 5.41) is 8.27. The molecule has 3 rings (SSSR count). The Morgan fingerprint density at radius 1 is 1.11 bits per heavy atom. The molecule has 0 aliphatic heterocycles. The summed E-state index contributed by atoms with van der Waals surface area (Å²) >= 11 is 0. The number of aromatic nitrogens is 1. The third-order valence-corrected chi connectivity index (χ3v) is 4.39. The van der Waals surface area contributed by atoms with E-state index in [1.807, 2.05) is 44.4 Å². The van der Waals surface area contributed by atoms with Gasteiger partial charge in [0.2, 0.25) is 0 Å². The lowest BCUT2D eigenvalue weighted by Gasteiger charge is -2.12. The van der Waals surface area contributed by atoms with Crippen molar-refractivity contribution < 1.29 is 9.53 Å². The topological polar surface area (TPSA) is 98.4 Å². The lowest BCUT2D eigenvalue weighted by Crippen LogP contribution is -2.38. The van der Waals surface area contributed by atoms with E-state index < -0.39 is 0 Å². The van der Waals surface area contributed by atoms with Crippen LogP contribution in [-0.2, 0) is 13.2 Å². The first-order valence-corrected chi connectivity index (χ1v) is 8.93. The Hall–Kier alpha value is -3.32. The zero-order chi connectivity index (χ0) is 20.3. The van der Waals surface area contributed by atoms with Gasteiger partial charge in [-0.2, -0.15) is 0 Å². The maximum atomic E-state index is 12.3. The van der Waals surface area contributed by atoms with Crippen LogP contribution in [0, 0.1) is 5.41 Å². The number of hydrogen-bond acceptors (Lipinski definition) is 4. The van der Waals surface area contributed by atoms with Crippen molar-refractivity contribution in [3.63, 3.8) is 0 Å². The molecule has 0 aliphatic rings. The Morgan fingerprint density at radius 2 is 1.86 bits per heavy atom. The van der Waals surface area contributed by atoms with Crippen molar-refractivity contribution in [3.05, 3.63) is 65.4 Å². The second-order valence-corrected chi connectivity index (χ2v) is 7.03. The number of carbonyl (C=O) groups is 1. The summed E-state index contributed by atoms with van der Waals surface area (Å²) in [6, 6.07) is 15.7. The van der Waals surface area contributed by atoms with Crippen LogP contribution in [0.2, 0.25) is 0 Å². The van der Waals surface area contributed by atoms with Crippen molar-refractivity contribution in [2.24, 2.45) is 5.73 Å². The van der Waals surface area contributed by atoms with Crippen LogP contribution in [-0.4, -0.2) is 47.8 Å². The molecular formula is C21H25N5O2. The monoisotopic (exact) mass is 379 g/mol. The van der Waals surface area contributed by atoms with E-state index in [2.05, 4.69) is 22.0 Å². The Morgan fingerprint density at radius 3 is 2.57 bits per heavy atom. The zero-order valence-corrected chi connectivity index (χ0v) is 16.3. The van der Waals surface area contributed by atoms with E-state index in [0.29, 0.717) is 18.1 Å². The molecule has 3 aromatic rings. The number of aromatic amines is 1. The number of fused-ring (bicyclic) bond motifs is 1. The summed E-state index contributed by atoms with van der Waals surface area (Å²) < 4.78 is 5.93. The molecule has 0 radical (unpaired) electrons. The maximum absolute atomic E-state index is 12.3. The van der Waals surface area contributed by atoms with Gasteiger partial charge in [-0.1, -0.05) is 24.3 Å². The van der Waals surface area contributed by atoms with Crippen molar-refractivity contribution in [1.29, 1.82) is 5.41 Å². The first-order valence-electron chi connectivity index (χ1n) is 8.93. The van der Waals surface area contributed by atoms with Gasteiger partial charge in [0.05, 0.1) is 0 Å². The van der Waals surface area contributed by atoms with E-state index in [9.17, 15) is 4.79 Å². The van der Waals surface area contributed by atoms with Crippen molar-refractivity contribution in [3.8, 4) is 5.75 Å². The number of rotatable bonds is 6. The fourth-order valence-electron chi connectivity index (χ4n) is 2.95. The highest BCUT2D eigenvalue weighted by Gasteiger charge is 2.16. The molecule has 0 atom stereocenters. The molecule has 146 valence electrons. The molecule has 7 heteroatoms. The Kier molecular flexibility index (Phi) is 5.65. The normalized spacial score (nSPS) is 11.0. The van der Waals surface area contributed by atoms with Gasteiger partial charge in [-0.3, -0.25) is 15.1 Å². The van der Waals surface area contributed by atoms with Crippen LogP contribution in [0.4, 0.5) is 0 Å². The lowest BCUT2D eigenvalue weighted by atomic mass is 10.1. The molecule has 1 heterocycles. The number of H-pyrrole nitrogens is 1. The molecule has 0 fully saturated rings. The average molecular weight is 379 g/mol. The predicted octanol–water partition coefficient (Wildman–Crippen LogP) is 2.77. The van der Waals surface area contributed by atoms with E-state index in [4.69, 9.17) is 15.9 Å². The minimum atomic E-state index is -0.358. The van der Waals surface area contributed by atoms with Gasteiger partial charge < -0.3 is 20.4 Å². The zero-order valence-electron chi connectivity index (χ0n) is 16.3. The molecule has 7 nitrogen and oxygen atoms in total. The second kappa shape index (κ2) is 8.14. The highest BCUT2D eigenvalue weighted by molar-refractivity contribution is 6.05. The van der Waals surface area contributed by atoms with Gasteiger partial charge in [0, 0.05) is 30.6 Å². The summed E-state index contributed by atoms with van der Waals surface area (Å²) in [6.07, 6.45) is 0. The number of hydrogen-bond donors (Lipinski definition) is 3. The highest BCUT2D eigenvalue weighted by atomic mass is 16.5. The molecule has 0 saturated heterocycles. The lowest BCUT2D eigenvalue weighted by molar-refractivity contribution is 0.0864. The summed E-state index contributed by atoms with van der Waals surface area (Å²) in [4.78, 5) is 18.6. The largest absolute Gasteiger partial charge is 0.489 e. The van der Waals surface area contributed by atoms with Crippen molar-refractivity contribution in [2.75, 3.05) is 21.1 Å². The number of carbonyl (C=O) groups excluding carboxylic acids is 1. The SMILES string of the molecule is CN(C)Cc1cccc(COc2ccc3cc(C(=O)N(C)C(=N)N)[nH]c3c2)c1. The quantitative estimate of drug-likeness (QED) is 0.453. The molecule has 28 heavy (non-hydrogen) atoms. The number of nitrogens with zero attached hydrogens (tertiary/aromatic N) is 2. The average Bonchev–Trinajstić information content (AvgIpc) is 3.08. The number of ether oxygens (including phenoxy) is 1. The fraction of sp³-hybridized carbons (Fsp3) is 0.238. The van der Waals surface area contributed by atoms with Gasteiger partial charge in [0.25, 0.3) is 5.91 Å². The molecular weight excluding hydrogens is 354 g/mol. The van der Waals surface area contributed by atoms with Crippen LogP contribution in [0.5, 0.6) is 5.75 Å². The van der Waals surface area contributed by atoms with E-state index in [0.717, 1.165) is 27.9 Å². The third kappa shape index (κ3) is 4.50. The molecule has 0 bridgehead atoms. The molecule has 1 aromatic heterocycles. The molecule has 0 saturated carbocycles. The van der Waals surface area contributed by atoms with E-state index in [1.165, 1.54) is 12.6 Å². The van der Waals surface area contributed by atoms with Gasteiger partial charge in [-0.05, 0) is 43.4 Å². The molecule has 0 unspecified atom stereocenters. The summed E-state index contributed by atoms with van der Waals surface area (Å²) in [7, 11) is 5.55. The van der Waals surface area contributed by atoms with Gasteiger partial charge >= 0.3 is 0 Å². The van der Waals surface area contributed by atoms with Gasteiger partial charge in [0.15, 0.2) is 5.96 Å². The molecule has 2 aromatic carbocycles. The molecule has 4 N–H and O–H groups in total. The minimum Gasteiger partial charge on any atom is -0.489 e. The molecule has 0 spiro atoms. The standard InChI is InChI=1S/C21H25N5O2/c1-25(2)12-14-5-4-6-15(9-14)13-28-17-8-7-16-10-19(24-18(16)11-17)20(27)26(3)21(22)23/h4-11,24H,12-13H2,1-3H3,(H3,22,23). The van der Waals surface area contributed by atoms with Crippen LogP contribution in [0.3, 0.4) is 0 Å². The van der Waals surface area contributed by atoms with Crippen molar-refractivity contribution in [2.45, 2.75) is 13.2 Å². The fourth-order valence-corrected chi connectivity index (χ4v) is 2.95. The maximum Gasteiger partial charge on any atom is 0.276 e.